The molecule has 0 aliphatic heterocycles. The normalized spacial score (nSPS) is 10.5. The number of hydrogen-bond donors (Lipinski definition) is 2. The number of carboxylic acids is 1. The Morgan fingerprint density at radius 1 is 1.37 bits per heavy atom. The average Bonchev–Trinajstić information content (AvgIpc) is 2.89. The molecule has 0 aliphatic rings. The van der Waals surface area contributed by atoms with E-state index in [4.69, 9.17) is 5.11 Å². The van der Waals surface area contributed by atoms with Crippen LogP contribution in [0.4, 0.5) is 5.13 Å². The first kappa shape index (κ1) is 12.8. The Bertz CT molecular complexity index is 607. The summed E-state index contributed by atoms with van der Waals surface area (Å²) < 4.78 is 0. The van der Waals surface area contributed by atoms with Crippen LogP contribution in [0.3, 0.4) is 0 Å². The molecule has 0 atom stereocenters. The summed E-state index contributed by atoms with van der Waals surface area (Å²) in [6.07, 6.45) is 3.80. The van der Waals surface area contributed by atoms with Gasteiger partial charge in [-0.2, -0.15) is 0 Å². The number of aliphatic carboxylic acids is 1. The Kier molecular flexibility index (Phi) is 3.94. The van der Waals surface area contributed by atoms with Crippen LogP contribution >= 0.6 is 11.3 Å². The van der Waals surface area contributed by atoms with Gasteiger partial charge < -0.3 is 5.11 Å². The zero-order valence-electron chi connectivity index (χ0n) is 9.48. The van der Waals surface area contributed by atoms with E-state index >= 15 is 0 Å². The van der Waals surface area contributed by atoms with E-state index in [0.29, 0.717) is 10.7 Å². The molecule has 19 heavy (non-hydrogen) atoms. The third-order valence-electron chi connectivity index (χ3n) is 2.02. The second kappa shape index (κ2) is 5.83. The Hall–Kier alpha value is -2.61. The molecule has 0 radical (unpaired) electrons. The zero-order chi connectivity index (χ0) is 13.7. The summed E-state index contributed by atoms with van der Waals surface area (Å²) >= 11 is 1.20. The minimum Gasteiger partial charge on any atom is -0.478 e. The Morgan fingerprint density at radius 3 is 2.79 bits per heavy atom. The molecule has 0 aromatic carbocycles. The van der Waals surface area contributed by atoms with Gasteiger partial charge >= 0.3 is 5.97 Å². The number of carbonyl (C=O) groups is 2. The third kappa shape index (κ3) is 3.68. The highest BCUT2D eigenvalue weighted by Crippen LogP contribution is 2.10. The summed E-state index contributed by atoms with van der Waals surface area (Å²) in [5.41, 5.74) is 2.31. The summed E-state index contributed by atoms with van der Waals surface area (Å²) in [7, 11) is 0. The number of hydrogen-bond acceptors (Lipinski definition) is 6. The molecule has 0 saturated heterocycles. The molecular weight excluding hydrogens is 268 g/mol. The first-order valence-electron chi connectivity index (χ1n) is 5.10. The Labute approximate surface area is 111 Å². The molecule has 7 nitrogen and oxygen atoms in total. The van der Waals surface area contributed by atoms with Gasteiger partial charge in [-0.3, -0.25) is 15.1 Å². The van der Waals surface area contributed by atoms with E-state index in [9.17, 15) is 9.59 Å². The molecule has 0 spiro atoms. The molecule has 0 fully saturated rings. The molecule has 0 aliphatic carbocycles. The van der Waals surface area contributed by atoms with E-state index in [1.807, 2.05) is 0 Å². The van der Waals surface area contributed by atoms with Gasteiger partial charge in [0.15, 0.2) is 0 Å². The van der Waals surface area contributed by atoms with E-state index in [1.165, 1.54) is 35.2 Å². The van der Waals surface area contributed by atoms with Crippen molar-refractivity contribution in [1.82, 2.24) is 15.2 Å². The van der Waals surface area contributed by atoms with E-state index in [1.54, 1.807) is 6.07 Å². The van der Waals surface area contributed by atoms with Gasteiger partial charge in [0.1, 0.15) is 11.2 Å². The minimum atomic E-state index is -1.04. The van der Waals surface area contributed by atoms with Crippen LogP contribution in [0.25, 0.3) is 6.08 Å². The van der Waals surface area contributed by atoms with Crippen LogP contribution in [0, 0.1) is 0 Å². The van der Waals surface area contributed by atoms with Crippen LogP contribution in [0.5, 0.6) is 0 Å². The molecule has 96 valence electrons. The topological polar surface area (TPSA) is 105 Å². The lowest BCUT2D eigenvalue weighted by molar-refractivity contribution is -0.131. The molecule has 2 aromatic rings. The van der Waals surface area contributed by atoms with Crippen LogP contribution in [0.15, 0.2) is 29.9 Å². The van der Waals surface area contributed by atoms with Crippen LogP contribution in [-0.2, 0) is 4.79 Å². The number of carboxylic acid groups (broad SMARTS) is 1. The lowest BCUT2D eigenvalue weighted by Gasteiger charge is -2.00. The summed E-state index contributed by atoms with van der Waals surface area (Å²) in [6, 6.07) is 3.10. The predicted molar refractivity (Wildman–Crippen MR) is 68.8 cm³/mol. The minimum absolute atomic E-state index is 0.211. The predicted octanol–water partition coefficient (Wildman–Crippen LogP) is 1.28. The van der Waals surface area contributed by atoms with Crippen molar-refractivity contribution in [3.63, 3.8) is 0 Å². The monoisotopic (exact) mass is 276 g/mol. The van der Waals surface area contributed by atoms with Crippen molar-refractivity contribution in [3.05, 3.63) is 41.2 Å². The number of anilines is 1. The van der Waals surface area contributed by atoms with Gasteiger partial charge in [0.05, 0.1) is 0 Å². The average molecular weight is 276 g/mol. The van der Waals surface area contributed by atoms with Gasteiger partial charge in [-0.25, -0.2) is 4.79 Å². The number of pyridine rings is 1. The maximum Gasteiger partial charge on any atom is 0.328 e. The van der Waals surface area contributed by atoms with Gasteiger partial charge in [0.2, 0.25) is 5.13 Å². The summed E-state index contributed by atoms with van der Waals surface area (Å²) in [5.74, 6) is -1.44. The van der Waals surface area contributed by atoms with Crippen molar-refractivity contribution < 1.29 is 14.7 Å². The molecule has 2 N–H and O–H groups in total. The fourth-order valence-corrected chi connectivity index (χ4v) is 1.63. The number of nitrogens with one attached hydrogen (secondary N) is 1. The molecule has 0 unspecified atom stereocenters. The molecule has 2 rings (SSSR count). The third-order valence-corrected chi connectivity index (χ3v) is 2.62. The van der Waals surface area contributed by atoms with E-state index in [-0.39, 0.29) is 5.69 Å². The van der Waals surface area contributed by atoms with E-state index in [2.05, 4.69) is 20.5 Å². The molecule has 0 saturated carbocycles. The van der Waals surface area contributed by atoms with Crippen molar-refractivity contribution in [3.8, 4) is 0 Å². The van der Waals surface area contributed by atoms with Crippen molar-refractivity contribution in [1.29, 1.82) is 0 Å². The lowest BCUT2D eigenvalue weighted by atomic mass is 10.2. The van der Waals surface area contributed by atoms with Gasteiger partial charge in [0.25, 0.3) is 5.91 Å². The number of aromatic nitrogens is 3. The highest BCUT2D eigenvalue weighted by atomic mass is 32.1. The van der Waals surface area contributed by atoms with Gasteiger partial charge in [-0.1, -0.05) is 17.4 Å². The fraction of sp³-hybridized carbons (Fsp3) is 0. The van der Waals surface area contributed by atoms with Crippen LogP contribution in [0.2, 0.25) is 0 Å². The Balaban J connectivity index is 2.05. The van der Waals surface area contributed by atoms with E-state index < -0.39 is 11.9 Å². The summed E-state index contributed by atoms with van der Waals surface area (Å²) in [6.45, 7) is 0. The molecule has 2 aromatic heterocycles. The number of nitrogens with zero attached hydrogens (tertiary/aromatic N) is 3. The highest BCUT2D eigenvalue weighted by Gasteiger charge is 2.08. The zero-order valence-corrected chi connectivity index (χ0v) is 10.3. The number of rotatable bonds is 4. The molecule has 1 amide bonds. The van der Waals surface area contributed by atoms with Crippen molar-refractivity contribution in [2.45, 2.75) is 0 Å². The lowest BCUT2D eigenvalue weighted by Crippen LogP contribution is -2.13. The van der Waals surface area contributed by atoms with Gasteiger partial charge in [-0.05, 0) is 17.7 Å². The maximum atomic E-state index is 11.7. The first-order chi connectivity index (χ1) is 9.15. The molecule has 8 heteroatoms. The largest absolute Gasteiger partial charge is 0.478 e. The molecule has 0 bridgehead atoms. The van der Waals surface area contributed by atoms with Crippen molar-refractivity contribution in [2.24, 2.45) is 0 Å². The van der Waals surface area contributed by atoms with Crippen LogP contribution in [0.1, 0.15) is 16.1 Å². The SMILES string of the molecule is O=C(O)C=Cc1ccc(C(=O)Nc2nncs2)nc1. The number of amides is 1. The molecular formula is C11H8N4O3S. The second-order valence-electron chi connectivity index (χ2n) is 3.35. The number of carbonyl (C=O) groups excluding carboxylic acids is 1. The standard InChI is InChI=1S/C11H8N4O3S/c16-9(17)4-2-7-1-3-8(12-5-7)10(18)14-11-15-13-6-19-11/h1-6H,(H,16,17)(H,14,15,18). The summed E-state index contributed by atoms with van der Waals surface area (Å²) in [4.78, 5) is 26.0. The summed E-state index contributed by atoms with van der Waals surface area (Å²) in [5, 5.41) is 18.7. The maximum absolute atomic E-state index is 11.7. The van der Waals surface area contributed by atoms with E-state index in [0.717, 1.165) is 6.08 Å². The van der Waals surface area contributed by atoms with Crippen molar-refractivity contribution in [2.75, 3.05) is 5.32 Å². The van der Waals surface area contributed by atoms with Crippen LogP contribution < -0.4 is 5.32 Å². The van der Waals surface area contributed by atoms with Gasteiger partial charge in [-0.15, -0.1) is 10.2 Å². The molecule has 2 heterocycles. The van der Waals surface area contributed by atoms with Crippen molar-refractivity contribution >= 4 is 34.4 Å². The highest BCUT2D eigenvalue weighted by molar-refractivity contribution is 7.13. The second-order valence-corrected chi connectivity index (χ2v) is 4.18. The smallest absolute Gasteiger partial charge is 0.328 e. The quantitative estimate of drug-likeness (QED) is 0.815. The first-order valence-corrected chi connectivity index (χ1v) is 5.97. The van der Waals surface area contributed by atoms with Gasteiger partial charge in [0, 0.05) is 12.3 Å². The van der Waals surface area contributed by atoms with Crippen LogP contribution in [-0.4, -0.2) is 32.2 Å². The Morgan fingerprint density at radius 2 is 2.21 bits per heavy atom. The fourth-order valence-electron chi connectivity index (χ4n) is 1.19.